The van der Waals surface area contributed by atoms with Crippen molar-refractivity contribution < 1.29 is 20.4 Å². The number of fused-ring (bicyclic) bond motifs is 3. The predicted molar refractivity (Wildman–Crippen MR) is 68.4 cm³/mol. The van der Waals surface area contributed by atoms with E-state index in [-0.39, 0.29) is 19.0 Å². The second kappa shape index (κ2) is 4.21. The number of aromatic nitrogens is 1. The van der Waals surface area contributed by atoms with Crippen molar-refractivity contribution in [1.82, 2.24) is 4.57 Å². The van der Waals surface area contributed by atoms with Gasteiger partial charge in [-0.3, -0.25) is 0 Å². The Hall–Kier alpha value is -1.60. The zero-order valence-corrected chi connectivity index (χ0v) is 10.2. The Bertz CT molecular complexity index is 650. The van der Waals surface area contributed by atoms with Crippen molar-refractivity contribution in [2.75, 3.05) is 0 Å². The molecule has 3 rings (SSSR count). The molecule has 1 unspecified atom stereocenters. The first-order chi connectivity index (χ1) is 9.08. The van der Waals surface area contributed by atoms with E-state index in [1.54, 1.807) is 10.6 Å². The molecule has 2 atom stereocenters. The first-order valence-electron chi connectivity index (χ1n) is 6.10. The zero-order chi connectivity index (χ0) is 13.7. The quantitative estimate of drug-likeness (QED) is 0.511. The molecule has 0 saturated heterocycles. The summed E-state index contributed by atoms with van der Waals surface area (Å²) in [5, 5.41) is 39.4. The van der Waals surface area contributed by atoms with E-state index >= 15 is 0 Å². The van der Waals surface area contributed by atoms with Crippen LogP contribution in [0.1, 0.15) is 22.9 Å². The van der Waals surface area contributed by atoms with E-state index in [2.05, 4.69) is 0 Å². The van der Waals surface area contributed by atoms with Crippen LogP contribution in [0.15, 0.2) is 12.1 Å². The molecule has 102 valence electrons. The number of aliphatic hydroxyl groups excluding tert-OH is 3. The number of nitrogens with zero attached hydrogens (tertiary/aromatic N) is 1. The fraction of sp³-hybridized carbons (Fsp3) is 0.385. The highest BCUT2D eigenvalue weighted by Crippen LogP contribution is 2.40. The third kappa shape index (κ3) is 1.58. The molecule has 2 aromatic rings. The lowest BCUT2D eigenvalue weighted by Crippen LogP contribution is -2.25. The Labute approximate surface area is 109 Å². The Morgan fingerprint density at radius 2 is 2.00 bits per heavy atom. The molecule has 0 aliphatic carbocycles. The highest BCUT2D eigenvalue weighted by molar-refractivity contribution is 5.92. The third-order valence-electron chi connectivity index (χ3n) is 3.77. The molecule has 2 heterocycles. The lowest BCUT2D eigenvalue weighted by molar-refractivity contribution is 0.156. The number of benzene rings is 1. The summed E-state index contributed by atoms with van der Waals surface area (Å²) in [6.45, 7) is -0.0525. The molecule has 0 spiro atoms. The van der Waals surface area contributed by atoms with Gasteiger partial charge in [0.2, 0.25) is 0 Å². The SMILES string of the molecule is N[C@H]1Cn2c(c(CO)c3c(O)cc(CO)cc32)C1O. The van der Waals surface area contributed by atoms with Gasteiger partial charge in [0.25, 0.3) is 0 Å². The molecular formula is C13H16N2O4. The molecule has 0 fully saturated rings. The molecule has 6 nitrogen and oxygen atoms in total. The van der Waals surface area contributed by atoms with Crippen LogP contribution in [0.25, 0.3) is 10.9 Å². The number of rotatable bonds is 2. The predicted octanol–water partition coefficient (Wildman–Crippen LogP) is -0.294. The topological polar surface area (TPSA) is 112 Å². The van der Waals surface area contributed by atoms with Crippen LogP contribution < -0.4 is 5.73 Å². The molecule has 1 aromatic carbocycles. The number of aromatic hydroxyl groups is 1. The van der Waals surface area contributed by atoms with E-state index in [4.69, 9.17) is 5.73 Å². The maximum atomic E-state index is 10.1. The normalized spacial score (nSPS) is 22.1. The fourth-order valence-corrected chi connectivity index (χ4v) is 2.91. The average Bonchev–Trinajstić information content (AvgIpc) is 2.86. The Morgan fingerprint density at radius 1 is 1.26 bits per heavy atom. The molecule has 0 radical (unpaired) electrons. The monoisotopic (exact) mass is 264 g/mol. The van der Waals surface area contributed by atoms with Crippen LogP contribution in [0.4, 0.5) is 0 Å². The average molecular weight is 264 g/mol. The standard InChI is InChI=1S/C13H16N2O4/c14-8-3-15-9-1-6(4-16)2-10(18)11(9)7(5-17)12(15)13(8)19/h1-2,8,13,16-19H,3-5,14H2/t8-,13?/m0/s1. The molecule has 1 aliphatic rings. The van der Waals surface area contributed by atoms with Gasteiger partial charge in [-0.2, -0.15) is 0 Å². The van der Waals surface area contributed by atoms with E-state index in [0.717, 1.165) is 0 Å². The van der Waals surface area contributed by atoms with Crippen molar-refractivity contribution in [3.63, 3.8) is 0 Å². The second-order valence-electron chi connectivity index (χ2n) is 4.91. The van der Waals surface area contributed by atoms with Crippen LogP contribution in [0, 0.1) is 0 Å². The number of phenols is 1. The smallest absolute Gasteiger partial charge is 0.125 e. The van der Waals surface area contributed by atoms with Crippen LogP contribution in [0.5, 0.6) is 5.75 Å². The molecule has 0 saturated carbocycles. The van der Waals surface area contributed by atoms with Gasteiger partial charge in [0.1, 0.15) is 11.9 Å². The highest BCUT2D eigenvalue weighted by Gasteiger charge is 2.34. The molecule has 6 heteroatoms. The lowest BCUT2D eigenvalue weighted by atomic mass is 10.0. The van der Waals surface area contributed by atoms with E-state index in [1.807, 2.05) is 0 Å². The van der Waals surface area contributed by atoms with E-state index in [9.17, 15) is 20.4 Å². The minimum absolute atomic E-state index is 0.00623. The number of hydrogen-bond donors (Lipinski definition) is 5. The largest absolute Gasteiger partial charge is 0.507 e. The van der Waals surface area contributed by atoms with Crippen molar-refractivity contribution in [2.45, 2.75) is 31.9 Å². The Kier molecular flexibility index (Phi) is 2.75. The first kappa shape index (κ1) is 12.4. The number of hydrogen-bond acceptors (Lipinski definition) is 5. The maximum Gasteiger partial charge on any atom is 0.125 e. The summed E-state index contributed by atoms with van der Waals surface area (Å²) < 4.78 is 1.80. The molecular weight excluding hydrogens is 248 g/mol. The molecule has 0 bridgehead atoms. The molecule has 1 aromatic heterocycles. The molecule has 1 aliphatic heterocycles. The summed E-state index contributed by atoms with van der Waals surface area (Å²) >= 11 is 0. The van der Waals surface area contributed by atoms with Crippen molar-refractivity contribution >= 4 is 10.9 Å². The molecule has 6 N–H and O–H groups in total. The van der Waals surface area contributed by atoms with Gasteiger partial charge < -0.3 is 30.7 Å². The van der Waals surface area contributed by atoms with Crippen LogP contribution in [0.2, 0.25) is 0 Å². The summed E-state index contributed by atoms with van der Waals surface area (Å²) in [5.41, 5.74) is 8.13. The van der Waals surface area contributed by atoms with Crippen molar-refractivity contribution in [3.05, 3.63) is 29.0 Å². The van der Waals surface area contributed by atoms with Crippen LogP contribution >= 0.6 is 0 Å². The maximum absolute atomic E-state index is 10.1. The third-order valence-corrected chi connectivity index (χ3v) is 3.77. The highest BCUT2D eigenvalue weighted by atomic mass is 16.3. The number of aliphatic hydroxyl groups is 3. The fourth-order valence-electron chi connectivity index (χ4n) is 2.91. The van der Waals surface area contributed by atoms with Crippen LogP contribution in [-0.2, 0) is 19.8 Å². The van der Waals surface area contributed by atoms with Gasteiger partial charge in [0.15, 0.2) is 0 Å². The molecule has 19 heavy (non-hydrogen) atoms. The van der Waals surface area contributed by atoms with E-state index in [1.165, 1.54) is 6.07 Å². The minimum atomic E-state index is -0.855. The van der Waals surface area contributed by atoms with Gasteiger partial charge in [-0.1, -0.05) is 0 Å². The number of nitrogens with two attached hydrogens (primary N) is 1. The first-order valence-corrected chi connectivity index (χ1v) is 6.10. The lowest BCUT2D eigenvalue weighted by Gasteiger charge is -2.10. The van der Waals surface area contributed by atoms with Gasteiger partial charge in [-0.25, -0.2) is 0 Å². The van der Waals surface area contributed by atoms with Crippen LogP contribution in [0.3, 0.4) is 0 Å². The minimum Gasteiger partial charge on any atom is -0.507 e. The van der Waals surface area contributed by atoms with Crippen molar-refractivity contribution in [1.29, 1.82) is 0 Å². The molecule has 0 amide bonds. The van der Waals surface area contributed by atoms with Gasteiger partial charge in [-0.15, -0.1) is 0 Å². The summed E-state index contributed by atoms with van der Waals surface area (Å²) in [4.78, 5) is 0. The number of phenolic OH excluding ortho intramolecular Hbond substituents is 1. The summed E-state index contributed by atoms with van der Waals surface area (Å²) in [6, 6.07) is 2.77. The summed E-state index contributed by atoms with van der Waals surface area (Å²) in [7, 11) is 0. The van der Waals surface area contributed by atoms with Crippen LogP contribution in [-0.4, -0.2) is 31.0 Å². The second-order valence-corrected chi connectivity index (χ2v) is 4.91. The van der Waals surface area contributed by atoms with Gasteiger partial charge in [-0.05, 0) is 17.7 Å². The zero-order valence-electron chi connectivity index (χ0n) is 10.2. The van der Waals surface area contributed by atoms with Gasteiger partial charge in [0, 0.05) is 17.5 Å². The summed E-state index contributed by atoms with van der Waals surface area (Å²) in [6.07, 6.45) is -0.855. The van der Waals surface area contributed by atoms with Gasteiger partial charge in [0.05, 0.1) is 30.5 Å². The van der Waals surface area contributed by atoms with Crippen molar-refractivity contribution in [3.8, 4) is 5.75 Å². The Morgan fingerprint density at radius 3 is 2.63 bits per heavy atom. The van der Waals surface area contributed by atoms with Gasteiger partial charge >= 0.3 is 0 Å². The Balaban J connectivity index is 2.38. The van der Waals surface area contributed by atoms with Crippen molar-refractivity contribution in [2.24, 2.45) is 5.73 Å². The summed E-state index contributed by atoms with van der Waals surface area (Å²) in [5.74, 6) is -0.00623. The van der Waals surface area contributed by atoms with E-state index in [0.29, 0.717) is 34.3 Å². The van der Waals surface area contributed by atoms with E-state index < -0.39 is 12.1 Å².